The van der Waals surface area contributed by atoms with Crippen LogP contribution in [-0.2, 0) is 0 Å². The van der Waals surface area contributed by atoms with E-state index in [1.54, 1.807) is 11.3 Å². The van der Waals surface area contributed by atoms with Crippen molar-refractivity contribution in [2.24, 2.45) is 11.3 Å². The lowest BCUT2D eigenvalue weighted by Crippen LogP contribution is -2.31. The molecule has 2 aliphatic rings. The third-order valence-corrected chi connectivity index (χ3v) is 5.41. The smallest absolute Gasteiger partial charge is 0.109 e. The van der Waals surface area contributed by atoms with Gasteiger partial charge in [-0.1, -0.05) is 0 Å². The van der Waals surface area contributed by atoms with Gasteiger partial charge in [0.2, 0.25) is 0 Å². The highest BCUT2D eigenvalue weighted by molar-refractivity contribution is 7.09. The molecule has 2 fully saturated rings. The number of hydrogen-bond donors (Lipinski definition) is 2. The Morgan fingerprint density at radius 2 is 2.41 bits per heavy atom. The number of thiazole rings is 1. The molecule has 0 amide bonds. The predicted molar refractivity (Wildman–Crippen MR) is 71.2 cm³/mol. The fourth-order valence-corrected chi connectivity index (χ4v) is 3.78. The average molecular weight is 251 g/mol. The van der Waals surface area contributed by atoms with Gasteiger partial charge in [0.1, 0.15) is 5.01 Å². The van der Waals surface area contributed by atoms with Crippen LogP contribution in [0.2, 0.25) is 0 Å². The molecule has 0 bridgehead atoms. The molecule has 2 atom stereocenters. The number of nitrogens with one attached hydrogen (secondary N) is 2. The van der Waals surface area contributed by atoms with Gasteiger partial charge in [-0.25, -0.2) is 4.98 Å². The molecule has 17 heavy (non-hydrogen) atoms. The number of rotatable bonds is 4. The molecule has 4 heteroatoms. The second kappa shape index (κ2) is 4.67. The van der Waals surface area contributed by atoms with E-state index in [-0.39, 0.29) is 0 Å². The maximum Gasteiger partial charge on any atom is 0.109 e. The first-order valence-corrected chi connectivity index (χ1v) is 7.52. The van der Waals surface area contributed by atoms with Crippen LogP contribution in [0.25, 0.3) is 0 Å². The minimum absolute atomic E-state index is 0.411. The monoisotopic (exact) mass is 251 g/mol. The summed E-state index contributed by atoms with van der Waals surface area (Å²) in [6, 6.07) is 0.411. The second-order valence-electron chi connectivity index (χ2n) is 5.51. The van der Waals surface area contributed by atoms with E-state index in [1.165, 1.54) is 43.9 Å². The van der Waals surface area contributed by atoms with Crippen molar-refractivity contribution in [2.75, 3.05) is 19.6 Å². The Balaban J connectivity index is 1.47. The molecule has 1 saturated heterocycles. The second-order valence-corrected chi connectivity index (χ2v) is 6.44. The summed E-state index contributed by atoms with van der Waals surface area (Å²) in [5.41, 5.74) is 0.695. The van der Waals surface area contributed by atoms with Gasteiger partial charge in [0.25, 0.3) is 0 Å². The molecule has 1 aliphatic heterocycles. The Kier molecular flexibility index (Phi) is 3.19. The molecule has 0 radical (unpaired) electrons. The molecule has 2 heterocycles. The van der Waals surface area contributed by atoms with Crippen LogP contribution in [0.3, 0.4) is 0 Å². The number of hydrogen-bond acceptors (Lipinski definition) is 4. The summed E-state index contributed by atoms with van der Waals surface area (Å²) in [5.74, 6) is 0.909. The molecular weight excluding hydrogens is 230 g/mol. The summed E-state index contributed by atoms with van der Waals surface area (Å²) in [7, 11) is 0. The van der Waals surface area contributed by atoms with Gasteiger partial charge in [-0.05, 0) is 57.2 Å². The Labute approximate surface area is 107 Å². The molecule has 3 nitrogen and oxygen atoms in total. The van der Waals surface area contributed by atoms with Crippen molar-refractivity contribution < 1.29 is 0 Å². The van der Waals surface area contributed by atoms with Gasteiger partial charge >= 0.3 is 0 Å². The lowest BCUT2D eigenvalue weighted by molar-refractivity contribution is 0.316. The number of nitrogens with zero attached hydrogens (tertiary/aromatic N) is 1. The van der Waals surface area contributed by atoms with Crippen LogP contribution in [-0.4, -0.2) is 24.6 Å². The SMILES string of the molecule is CC(NCC1CC12CCNCC2)c1nccs1. The van der Waals surface area contributed by atoms with Crippen molar-refractivity contribution in [3.05, 3.63) is 16.6 Å². The minimum atomic E-state index is 0.411. The fourth-order valence-electron chi connectivity index (χ4n) is 3.11. The molecular formula is C13H21N3S. The van der Waals surface area contributed by atoms with Gasteiger partial charge in [0.05, 0.1) is 6.04 Å². The van der Waals surface area contributed by atoms with Gasteiger partial charge in [-0.3, -0.25) is 0 Å². The predicted octanol–water partition coefficient (Wildman–Crippen LogP) is 2.18. The van der Waals surface area contributed by atoms with Crippen molar-refractivity contribution in [2.45, 2.75) is 32.2 Å². The molecule has 1 aliphatic carbocycles. The zero-order chi connectivity index (χ0) is 11.7. The van der Waals surface area contributed by atoms with Gasteiger partial charge < -0.3 is 10.6 Å². The highest BCUT2D eigenvalue weighted by Gasteiger charge is 2.53. The Hall–Kier alpha value is -0.450. The van der Waals surface area contributed by atoms with Crippen LogP contribution < -0.4 is 10.6 Å². The van der Waals surface area contributed by atoms with Crippen molar-refractivity contribution in [3.63, 3.8) is 0 Å². The van der Waals surface area contributed by atoms with E-state index in [1.807, 2.05) is 6.20 Å². The minimum Gasteiger partial charge on any atom is -0.317 e. The summed E-state index contributed by atoms with van der Waals surface area (Å²) in [5, 5.41) is 10.4. The zero-order valence-corrected chi connectivity index (χ0v) is 11.2. The Morgan fingerprint density at radius 3 is 3.12 bits per heavy atom. The molecule has 0 aromatic carbocycles. The summed E-state index contributed by atoms with van der Waals surface area (Å²) in [4.78, 5) is 4.36. The molecule has 2 N–H and O–H groups in total. The third-order valence-electron chi connectivity index (χ3n) is 4.45. The van der Waals surface area contributed by atoms with E-state index in [4.69, 9.17) is 0 Å². The first-order valence-electron chi connectivity index (χ1n) is 6.64. The van der Waals surface area contributed by atoms with Crippen LogP contribution in [0, 0.1) is 11.3 Å². The van der Waals surface area contributed by atoms with Crippen LogP contribution >= 0.6 is 11.3 Å². The molecule has 1 aromatic rings. The zero-order valence-electron chi connectivity index (χ0n) is 10.4. The molecule has 2 unspecified atom stereocenters. The first kappa shape index (κ1) is 11.6. The molecule has 1 saturated carbocycles. The highest BCUT2D eigenvalue weighted by atomic mass is 32.1. The third kappa shape index (κ3) is 2.39. The lowest BCUT2D eigenvalue weighted by Gasteiger charge is -2.24. The van der Waals surface area contributed by atoms with E-state index >= 15 is 0 Å². The number of aromatic nitrogens is 1. The van der Waals surface area contributed by atoms with Crippen molar-refractivity contribution in [3.8, 4) is 0 Å². The average Bonchev–Trinajstić information content (AvgIpc) is 2.83. The van der Waals surface area contributed by atoms with Crippen LogP contribution in [0.1, 0.15) is 37.2 Å². The summed E-state index contributed by atoms with van der Waals surface area (Å²) in [6.45, 7) is 5.83. The first-order chi connectivity index (χ1) is 8.30. The highest BCUT2D eigenvalue weighted by Crippen LogP contribution is 2.58. The fraction of sp³-hybridized carbons (Fsp3) is 0.769. The topological polar surface area (TPSA) is 37.0 Å². The van der Waals surface area contributed by atoms with Gasteiger partial charge in [-0.15, -0.1) is 11.3 Å². The molecule has 1 spiro atoms. The van der Waals surface area contributed by atoms with E-state index in [2.05, 4.69) is 27.9 Å². The van der Waals surface area contributed by atoms with Crippen molar-refractivity contribution in [1.29, 1.82) is 0 Å². The van der Waals surface area contributed by atoms with Crippen LogP contribution in [0.5, 0.6) is 0 Å². The quantitative estimate of drug-likeness (QED) is 0.861. The lowest BCUT2D eigenvalue weighted by atomic mass is 9.92. The maximum atomic E-state index is 4.36. The number of piperidine rings is 1. The van der Waals surface area contributed by atoms with Gasteiger partial charge in [0.15, 0.2) is 0 Å². The molecule has 94 valence electrons. The standard InChI is InChI=1S/C13H21N3S/c1-10(12-15-6-7-17-12)16-9-11-8-13(11)2-4-14-5-3-13/h6-7,10-11,14,16H,2-5,8-9H2,1H3. The van der Waals surface area contributed by atoms with Crippen molar-refractivity contribution in [1.82, 2.24) is 15.6 Å². The summed E-state index contributed by atoms with van der Waals surface area (Å²) >= 11 is 1.75. The molecule has 3 rings (SSSR count). The van der Waals surface area contributed by atoms with E-state index in [0.717, 1.165) is 5.92 Å². The Morgan fingerprint density at radius 1 is 1.59 bits per heavy atom. The van der Waals surface area contributed by atoms with E-state index in [0.29, 0.717) is 11.5 Å². The van der Waals surface area contributed by atoms with E-state index in [9.17, 15) is 0 Å². The largest absolute Gasteiger partial charge is 0.317 e. The molecule has 1 aromatic heterocycles. The maximum absolute atomic E-state index is 4.36. The summed E-state index contributed by atoms with van der Waals surface area (Å²) < 4.78 is 0. The van der Waals surface area contributed by atoms with E-state index < -0.39 is 0 Å². The van der Waals surface area contributed by atoms with Gasteiger partial charge in [0, 0.05) is 11.6 Å². The van der Waals surface area contributed by atoms with Gasteiger partial charge in [-0.2, -0.15) is 0 Å². The van der Waals surface area contributed by atoms with Crippen molar-refractivity contribution >= 4 is 11.3 Å². The summed E-state index contributed by atoms with van der Waals surface area (Å²) in [6.07, 6.45) is 6.09. The van der Waals surface area contributed by atoms with Crippen LogP contribution in [0.15, 0.2) is 11.6 Å². The Bertz CT molecular complexity index is 357. The normalized spacial score (nSPS) is 28.2. The van der Waals surface area contributed by atoms with Crippen LogP contribution in [0.4, 0.5) is 0 Å².